The fourth-order valence-corrected chi connectivity index (χ4v) is 3.35. The van der Waals surface area contributed by atoms with Gasteiger partial charge in [-0.1, -0.05) is 30.3 Å². The molecular weight excluding hydrogens is 368 g/mol. The van der Waals surface area contributed by atoms with Crippen molar-refractivity contribution in [3.8, 4) is 5.82 Å². The summed E-state index contributed by atoms with van der Waals surface area (Å²) in [4.78, 5) is 29.4. The lowest BCUT2D eigenvalue weighted by atomic mass is 10.2. The third-order valence-corrected chi connectivity index (χ3v) is 4.89. The van der Waals surface area contributed by atoms with Gasteiger partial charge in [-0.2, -0.15) is 0 Å². The van der Waals surface area contributed by atoms with Gasteiger partial charge in [0.15, 0.2) is 5.82 Å². The zero-order valence-corrected chi connectivity index (χ0v) is 16.2. The Morgan fingerprint density at radius 2 is 1.93 bits per heavy atom. The van der Waals surface area contributed by atoms with Crippen molar-refractivity contribution in [2.45, 2.75) is 19.6 Å². The van der Waals surface area contributed by atoms with Crippen LogP contribution in [0.3, 0.4) is 0 Å². The summed E-state index contributed by atoms with van der Waals surface area (Å²) in [7, 11) is 0. The Labute approximate surface area is 169 Å². The summed E-state index contributed by atoms with van der Waals surface area (Å²) < 4.78 is 7.34. The molecule has 0 radical (unpaired) electrons. The summed E-state index contributed by atoms with van der Waals surface area (Å²) in [6.07, 6.45) is 9.40. The summed E-state index contributed by atoms with van der Waals surface area (Å²) in [6, 6.07) is 9.75. The molecule has 1 fully saturated rings. The zero-order valence-electron chi connectivity index (χ0n) is 16.2. The van der Waals surface area contributed by atoms with Crippen LogP contribution in [0.1, 0.15) is 17.7 Å². The number of aromatic nitrogens is 4. The topological polar surface area (TPSA) is 76.4 Å². The van der Waals surface area contributed by atoms with Gasteiger partial charge in [-0.3, -0.25) is 14.5 Å². The predicted molar refractivity (Wildman–Crippen MR) is 107 cm³/mol. The number of nitrogens with zero attached hydrogens (tertiary/aromatic N) is 6. The second kappa shape index (κ2) is 9.29. The van der Waals surface area contributed by atoms with E-state index in [0.717, 1.165) is 43.1 Å². The van der Waals surface area contributed by atoms with E-state index in [-0.39, 0.29) is 6.09 Å². The van der Waals surface area contributed by atoms with Crippen LogP contribution in [-0.2, 0) is 17.9 Å². The summed E-state index contributed by atoms with van der Waals surface area (Å²) >= 11 is 0. The summed E-state index contributed by atoms with van der Waals surface area (Å²) in [5.41, 5.74) is 1.96. The minimum atomic E-state index is -0.248. The molecule has 8 nitrogen and oxygen atoms in total. The molecule has 1 amide bonds. The van der Waals surface area contributed by atoms with Crippen LogP contribution < -0.4 is 0 Å². The monoisotopic (exact) mass is 392 g/mol. The maximum atomic E-state index is 12.4. The number of amides is 1. The van der Waals surface area contributed by atoms with Crippen LogP contribution in [-0.4, -0.2) is 61.6 Å². The van der Waals surface area contributed by atoms with Gasteiger partial charge in [-0.15, -0.1) is 0 Å². The summed E-state index contributed by atoms with van der Waals surface area (Å²) in [6.45, 7) is 4.11. The third-order valence-electron chi connectivity index (χ3n) is 4.89. The first kappa shape index (κ1) is 19.1. The normalized spacial score (nSPS) is 15.1. The van der Waals surface area contributed by atoms with Gasteiger partial charge in [0.1, 0.15) is 12.9 Å². The van der Waals surface area contributed by atoms with Crippen molar-refractivity contribution in [3.63, 3.8) is 0 Å². The second-order valence-electron chi connectivity index (χ2n) is 6.99. The fourth-order valence-electron chi connectivity index (χ4n) is 3.35. The van der Waals surface area contributed by atoms with Crippen LogP contribution >= 0.6 is 0 Å². The Kier molecular flexibility index (Phi) is 6.11. The highest BCUT2D eigenvalue weighted by Crippen LogP contribution is 2.11. The molecule has 0 N–H and O–H groups in total. The van der Waals surface area contributed by atoms with Gasteiger partial charge in [0.2, 0.25) is 0 Å². The molecule has 150 valence electrons. The molecule has 2 aromatic heterocycles. The molecule has 1 aliphatic rings. The van der Waals surface area contributed by atoms with E-state index in [4.69, 9.17) is 4.74 Å². The van der Waals surface area contributed by atoms with E-state index in [9.17, 15) is 4.79 Å². The van der Waals surface area contributed by atoms with Crippen molar-refractivity contribution < 1.29 is 9.53 Å². The van der Waals surface area contributed by atoms with Gasteiger partial charge < -0.3 is 9.64 Å². The number of carbonyl (C=O) groups is 1. The molecule has 1 aliphatic heterocycles. The maximum absolute atomic E-state index is 12.4. The number of ether oxygens (including phenoxy) is 1. The van der Waals surface area contributed by atoms with Crippen molar-refractivity contribution in [2.24, 2.45) is 0 Å². The first-order chi connectivity index (χ1) is 14.3. The van der Waals surface area contributed by atoms with E-state index in [2.05, 4.69) is 19.9 Å². The standard InChI is InChI=1S/C21H24N6O2/c28-21(29-16-18-5-2-1-3-6-18)26-10-4-9-25(11-12-26)14-19-15-27(17-24-19)20-13-22-7-8-23-20/h1-3,5-8,13,15,17H,4,9-12,14,16H2. The highest BCUT2D eigenvalue weighted by Gasteiger charge is 2.20. The fraction of sp³-hybridized carbons (Fsp3) is 0.333. The molecule has 4 rings (SSSR count). The molecule has 0 atom stereocenters. The molecule has 0 saturated carbocycles. The van der Waals surface area contributed by atoms with E-state index in [1.165, 1.54) is 0 Å². The van der Waals surface area contributed by atoms with E-state index in [0.29, 0.717) is 19.7 Å². The quantitative estimate of drug-likeness (QED) is 0.664. The first-order valence-electron chi connectivity index (χ1n) is 9.75. The number of carbonyl (C=O) groups excluding carboxylic acids is 1. The molecule has 0 spiro atoms. The van der Waals surface area contributed by atoms with Crippen molar-refractivity contribution >= 4 is 6.09 Å². The van der Waals surface area contributed by atoms with Gasteiger partial charge in [0.25, 0.3) is 0 Å². The zero-order chi connectivity index (χ0) is 19.9. The Morgan fingerprint density at radius 3 is 2.76 bits per heavy atom. The van der Waals surface area contributed by atoms with E-state index >= 15 is 0 Å². The minimum absolute atomic E-state index is 0.248. The lowest BCUT2D eigenvalue weighted by Gasteiger charge is -2.21. The number of rotatable bonds is 5. The summed E-state index contributed by atoms with van der Waals surface area (Å²) in [5.74, 6) is 0.745. The number of hydrogen-bond donors (Lipinski definition) is 0. The molecule has 1 aromatic carbocycles. The molecule has 0 bridgehead atoms. The Bertz CT molecular complexity index is 915. The van der Waals surface area contributed by atoms with Gasteiger partial charge >= 0.3 is 6.09 Å². The van der Waals surface area contributed by atoms with Crippen LogP contribution in [0.15, 0.2) is 61.4 Å². The molecular formula is C21H24N6O2. The van der Waals surface area contributed by atoms with Gasteiger partial charge in [-0.05, 0) is 12.0 Å². The summed E-state index contributed by atoms with van der Waals surface area (Å²) in [5, 5.41) is 0. The van der Waals surface area contributed by atoms with Crippen LogP contribution in [0.25, 0.3) is 5.82 Å². The van der Waals surface area contributed by atoms with E-state index in [1.54, 1.807) is 29.8 Å². The highest BCUT2D eigenvalue weighted by atomic mass is 16.6. The number of hydrogen-bond acceptors (Lipinski definition) is 6. The molecule has 3 heterocycles. The van der Waals surface area contributed by atoms with Crippen molar-refractivity contribution in [2.75, 3.05) is 26.2 Å². The van der Waals surface area contributed by atoms with Crippen LogP contribution in [0, 0.1) is 0 Å². The molecule has 29 heavy (non-hydrogen) atoms. The Hall–Kier alpha value is -3.26. The number of imidazole rings is 1. The average Bonchev–Trinajstić information content (AvgIpc) is 3.11. The molecule has 8 heteroatoms. The predicted octanol–water partition coefficient (Wildman–Crippen LogP) is 2.51. The van der Waals surface area contributed by atoms with E-state index < -0.39 is 0 Å². The van der Waals surface area contributed by atoms with Crippen LogP contribution in [0.5, 0.6) is 0 Å². The SMILES string of the molecule is O=C(OCc1ccccc1)N1CCCN(Cc2cn(-c3cnccn3)cn2)CC1. The number of benzene rings is 1. The molecule has 1 saturated heterocycles. The average molecular weight is 392 g/mol. The van der Waals surface area contributed by atoms with Crippen LogP contribution in [0.4, 0.5) is 4.79 Å². The van der Waals surface area contributed by atoms with Gasteiger partial charge in [0.05, 0.1) is 11.9 Å². The molecule has 0 aliphatic carbocycles. The minimum Gasteiger partial charge on any atom is -0.445 e. The second-order valence-corrected chi connectivity index (χ2v) is 6.99. The highest BCUT2D eigenvalue weighted by molar-refractivity contribution is 5.67. The lowest BCUT2D eigenvalue weighted by Crippen LogP contribution is -2.35. The molecule has 0 unspecified atom stereocenters. The van der Waals surface area contributed by atoms with Crippen molar-refractivity contribution in [3.05, 3.63) is 72.7 Å². The van der Waals surface area contributed by atoms with Gasteiger partial charge in [0, 0.05) is 51.3 Å². The van der Waals surface area contributed by atoms with Crippen molar-refractivity contribution in [1.29, 1.82) is 0 Å². The Morgan fingerprint density at radius 1 is 1.03 bits per heavy atom. The molecule has 3 aromatic rings. The largest absolute Gasteiger partial charge is 0.445 e. The first-order valence-corrected chi connectivity index (χ1v) is 9.75. The van der Waals surface area contributed by atoms with Crippen LogP contribution in [0.2, 0.25) is 0 Å². The smallest absolute Gasteiger partial charge is 0.410 e. The van der Waals surface area contributed by atoms with E-state index in [1.807, 2.05) is 41.1 Å². The lowest BCUT2D eigenvalue weighted by molar-refractivity contribution is 0.0972. The maximum Gasteiger partial charge on any atom is 0.410 e. The third kappa shape index (κ3) is 5.17. The van der Waals surface area contributed by atoms with Crippen molar-refractivity contribution in [1.82, 2.24) is 29.3 Å². The van der Waals surface area contributed by atoms with Gasteiger partial charge in [-0.25, -0.2) is 14.8 Å². The Balaban J connectivity index is 1.28.